The standard InChI is InChI=1S/C36H29FN2O4S/c1-41-26-11-7-10-24(20-26)34-28-16-15-23-8-3-5-12-27(23)33(28)38-36-39(34)35(40)32(44-36)19-22-14-17-30(31(18-22)42-2)43-21-25-9-4-6-13-29(25)37/h3-14,17-20,34H,15-16,21H2,1-2H3/b32-19-/t34-/m0/s1. The number of halogens is 1. The number of rotatable bonds is 7. The summed E-state index contributed by atoms with van der Waals surface area (Å²) in [5.41, 5.74) is 6.58. The number of nitrogens with zero attached hydrogens (tertiary/aromatic N) is 2. The molecule has 1 aromatic heterocycles. The molecular formula is C36H29FN2O4S. The van der Waals surface area contributed by atoms with E-state index in [0.29, 0.717) is 26.4 Å². The summed E-state index contributed by atoms with van der Waals surface area (Å²) >= 11 is 1.37. The number of thiazole rings is 1. The molecular weight excluding hydrogens is 575 g/mol. The third kappa shape index (κ3) is 5.01. The molecule has 5 aromatic rings. The molecule has 1 atom stereocenters. The highest BCUT2D eigenvalue weighted by atomic mass is 32.1. The fourth-order valence-corrected chi connectivity index (χ4v) is 6.95. The first-order valence-corrected chi connectivity index (χ1v) is 15.2. The Kier molecular flexibility index (Phi) is 7.36. The molecule has 0 saturated carbocycles. The Balaban J connectivity index is 1.32. The van der Waals surface area contributed by atoms with Crippen LogP contribution in [0.25, 0.3) is 11.8 Å². The lowest BCUT2D eigenvalue weighted by Gasteiger charge is -2.31. The Morgan fingerprint density at radius 2 is 1.77 bits per heavy atom. The summed E-state index contributed by atoms with van der Waals surface area (Å²) in [5.74, 6) is 1.39. The predicted molar refractivity (Wildman–Crippen MR) is 169 cm³/mol. The molecule has 4 aromatic carbocycles. The second kappa shape index (κ2) is 11.6. The average molecular weight is 605 g/mol. The molecule has 0 unspecified atom stereocenters. The molecule has 7 rings (SSSR count). The second-order valence-electron chi connectivity index (χ2n) is 10.7. The van der Waals surface area contributed by atoms with E-state index in [9.17, 15) is 9.18 Å². The van der Waals surface area contributed by atoms with Crippen molar-refractivity contribution in [2.45, 2.75) is 25.5 Å². The van der Waals surface area contributed by atoms with Crippen LogP contribution >= 0.6 is 11.3 Å². The molecule has 1 aliphatic heterocycles. The number of allylic oxidation sites excluding steroid dienone is 1. The number of fused-ring (bicyclic) bond motifs is 3. The summed E-state index contributed by atoms with van der Waals surface area (Å²) < 4.78 is 33.5. The largest absolute Gasteiger partial charge is 0.497 e. The van der Waals surface area contributed by atoms with E-state index in [4.69, 9.17) is 19.2 Å². The molecule has 2 aliphatic rings. The fourth-order valence-electron chi connectivity index (χ4n) is 5.95. The third-order valence-electron chi connectivity index (χ3n) is 8.11. The van der Waals surface area contributed by atoms with Crippen molar-refractivity contribution in [2.75, 3.05) is 14.2 Å². The maximum absolute atomic E-state index is 14.1. The van der Waals surface area contributed by atoms with Gasteiger partial charge in [-0.15, -0.1) is 0 Å². The van der Waals surface area contributed by atoms with Gasteiger partial charge >= 0.3 is 0 Å². The van der Waals surface area contributed by atoms with Crippen molar-refractivity contribution in [2.24, 2.45) is 4.99 Å². The summed E-state index contributed by atoms with van der Waals surface area (Å²) in [5, 5.41) is 0. The summed E-state index contributed by atoms with van der Waals surface area (Å²) in [6, 6.07) is 28.0. The van der Waals surface area contributed by atoms with E-state index in [-0.39, 0.29) is 24.0 Å². The van der Waals surface area contributed by atoms with E-state index in [0.717, 1.165) is 46.6 Å². The van der Waals surface area contributed by atoms with Crippen LogP contribution in [-0.2, 0) is 13.0 Å². The molecule has 0 saturated heterocycles. The zero-order chi connectivity index (χ0) is 30.2. The van der Waals surface area contributed by atoms with Crippen LogP contribution in [0.2, 0.25) is 0 Å². The molecule has 44 heavy (non-hydrogen) atoms. The fraction of sp³-hybridized carbons (Fsp3) is 0.167. The van der Waals surface area contributed by atoms with Gasteiger partial charge in [-0.2, -0.15) is 0 Å². The van der Waals surface area contributed by atoms with Crippen LogP contribution in [0.15, 0.2) is 106 Å². The van der Waals surface area contributed by atoms with Gasteiger partial charge in [0.05, 0.1) is 30.5 Å². The Bertz CT molecular complexity index is 2110. The minimum atomic E-state index is -0.323. The van der Waals surface area contributed by atoms with E-state index in [1.807, 2.05) is 53.1 Å². The number of aryl methyl sites for hydroxylation is 1. The lowest BCUT2D eigenvalue weighted by Crippen LogP contribution is -2.38. The van der Waals surface area contributed by atoms with Crippen molar-refractivity contribution < 1.29 is 18.6 Å². The molecule has 0 spiro atoms. The van der Waals surface area contributed by atoms with Gasteiger partial charge in [-0.05, 0) is 71.5 Å². The van der Waals surface area contributed by atoms with Gasteiger partial charge in [0.15, 0.2) is 16.3 Å². The van der Waals surface area contributed by atoms with E-state index in [2.05, 4.69) is 18.2 Å². The quantitative estimate of drug-likeness (QED) is 0.227. The Labute approximate surface area is 257 Å². The zero-order valence-corrected chi connectivity index (χ0v) is 25.1. The van der Waals surface area contributed by atoms with Gasteiger partial charge in [-0.25, -0.2) is 9.38 Å². The maximum Gasteiger partial charge on any atom is 0.271 e. The Hall–Kier alpha value is -4.95. The zero-order valence-electron chi connectivity index (χ0n) is 24.2. The molecule has 2 heterocycles. The monoisotopic (exact) mass is 604 g/mol. The van der Waals surface area contributed by atoms with Crippen LogP contribution < -0.4 is 29.1 Å². The lowest BCUT2D eigenvalue weighted by atomic mass is 9.83. The number of hydrogen-bond donors (Lipinski definition) is 0. The van der Waals surface area contributed by atoms with Crippen LogP contribution in [-0.4, -0.2) is 18.8 Å². The molecule has 6 nitrogen and oxygen atoms in total. The maximum atomic E-state index is 14.1. The van der Waals surface area contributed by atoms with Crippen molar-refractivity contribution in [1.82, 2.24) is 4.57 Å². The van der Waals surface area contributed by atoms with Gasteiger partial charge in [-0.3, -0.25) is 9.36 Å². The molecule has 0 fully saturated rings. The van der Waals surface area contributed by atoms with E-state index < -0.39 is 0 Å². The van der Waals surface area contributed by atoms with Crippen molar-refractivity contribution in [3.05, 3.63) is 150 Å². The smallest absolute Gasteiger partial charge is 0.271 e. The summed E-state index contributed by atoms with van der Waals surface area (Å²) in [7, 11) is 3.20. The van der Waals surface area contributed by atoms with Gasteiger partial charge in [0.2, 0.25) is 0 Å². The van der Waals surface area contributed by atoms with Crippen molar-refractivity contribution in [3.63, 3.8) is 0 Å². The first-order chi connectivity index (χ1) is 21.5. The van der Waals surface area contributed by atoms with Gasteiger partial charge in [0, 0.05) is 11.1 Å². The normalized spacial score (nSPS) is 15.6. The highest BCUT2D eigenvalue weighted by Crippen LogP contribution is 2.41. The van der Waals surface area contributed by atoms with Gasteiger partial charge in [0.25, 0.3) is 5.56 Å². The number of aromatic nitrogens is 1. The second-order valence-corrected chi connectivity index (χ2v) is 11.7. The molecule has 0 radical (unpaired) electrons. The lowest BCUT2D eigenvalue weighted by molar-refractivity contribution is 0.279. The average Bonchev–Trinajstić information content (AvgIpc) is 3.37. The van der Waals surface area contributed by atoms with Gasteiger partial charge < -0.3 is 14.2 Å². The van der Waals surface area contributed by atoms with Crippen molar-refractivity contribution >= 4 is 23.1 Å². The van der Waals surface area contributed by atoms with E-state index in [1.165, 1.54) is 23.0 Å². The molecule has 8 heteroatoms. The molecule has 0 N–H and O–H groups in total. The summed E-state index contributed by atoms with van der Waals surface area (Å²) in [6.07, 6.45) is 3.56. The van der Waals surface area contributed by atoms with Crippen LogP contribution in [0, 0.1) is 5.82 Å². The molecule has 0 bridgehead atoms. The Morgan fingerprint density at radius 1 is 0.932 bits per heavy atom. The van der Waals surface area contributed by atoms with Crippen molar-refractivity contribution in [1.29, 1.82) is 0 Å². The number of hydrogen-bond acceptors (Lipinski definition) is 6. The highest BCUT2D eigenvalue weighted by Gasteiger charge is 2.32. The van der Waals surface area contributed by atoms with Crippen LogP contribution in [0.5, 0.6) is 17.2 Å². The third-order valence-corrected chi connectivity index (χ3v) is 9.09. The summed E-state index contributed by atoms with van der Waals surface area (Å²) in [6.45, 7) is 0.0685. The molecule has 220 valence electrons. The number of methoxy groups -OCH3 is 2. The SMILES string of the molecule is COc1cccc([C@H]2C3=C(N=c4s/c(=C\c5ccc(OCc6ccccc6F)c(OC)c5)c(=O)n42)c2ccccc2CC3)c1. The van der Waals surface area contributed by atoms with Crippen molar-refractivity contribution in [3.8, 4) is 17.2 Å². The van der Waals surface area contributed by atoms with Gasteiger partial charge in [0.1, 0.15) is 18.2 Å². The first-order valence-electron chi connectivity index (χ1n) is 14.4. The molecule has 0 amide bonds. The van der Waals surface area contributed by atoms with Crippen LogP contribution in [0.4, 0.5) is 4.39 Å². The van der Waals surface area contributed by atoms with Gasteiger partial charge in [-0.1, -0.05) is 72.0 Å². The number of benzene rings is 4. The molecule has 1 aliphatic carbocycles. The van der Waals surface area contributed by atoms with Crippen LogP contribution in [0.3, 0.4) is 0 Å². The minimum absolute atomic E-state index is 0.0685. The Morgan fingerprint density at radius 3 is 2.61 bits per heavy atom. The minimum Gasteiger partial charge on any atom is -0.497 e. The topological polar surface area (TPSA) is 62.0 Å². The predicted octanol–water partition coefficient (Wildman–Crippen LogP) is 6.05. The van der Waals surface area contributed by atoms with Crippen LogP contribution in [0.1, 0.15) is 40.3 Å². The summed E-state index contributed by atoms with van der Waals surface area (Å²) in [4.78, 5) is 19.9. The first kappa shape index (κ1) is 27.9. The highest BCUT2D eigenvalue weighted by molar-refractivity contribution is 7.07. The van der Waals surface area contributed by atoms with E-state index in [1.54, 1.807) is 38.5 Å². The van der Waals surface area contributed by atoms with E-state index >= 15 is 0 Å². The number of ether oxygens (including phenoxy) is 3.